The third-order valence-corrected chi connectivity index (χ3v) is 7.48. The normalized spacial score (nSPS) is 21.5. The van der Waals surface area contributed by atoms with Gasteiger partial charge in [-0.2, -0.15) is 0 Å². The van der Waals surface area contributed by atoms with E-state index >= 15 is 0 Å². The lowest BCUT2D eigenvalue weighted by molar-refractivity contribution is -0.150. The fraction of sp³-hybridized carbons (Fsp3) is 0.448. The first-order valence-electron chi connectivity index (χ1n) is 12.4. The van der Waals surface area contributed by atoms with Crippen LogP contribution in [0.3, 0.4) is 0 Å². The predicted octanol–water partition coefficient (Wildman–Crippen LogP) is 2.87. The first-order valence-corrected chi connectivity index (χ1v) is 13.4. The van der Waals surface area contributed by atoms with Crippen molar-refractivity contribution in [3.63, 3.8) is 0 Å². The van der Waals surface area contributed by atoms with Gasteiger partial charge in [0.2, 0.25) is 0 Å². The monoisotopic (exact) mass is 527 g/mol. The molecule has 0 aromatic heterocycles. The molecular weight excluding hydrogens is 490 g/mol. The molecule has 0 saturated carbocycles. The number of aliphatic hydroxyl groups excluding tert-OH is 3. The summed E-state index contributed by atoms with van der Waals surface area (Å²) < 4.78 is 5.21. The van der Waals surface area contributed by atoms with Crippen molar-refractivity contribution in [2.75, 3.05) is 12.9 Å². The van der Waals surface area contributed by atoms with Crippen LogP contribution in [0.4, 0.5) is 0 Å². The number of allylic oxidation sites excluding steroid dienone is 1. The predicted molar refractivity (Wildman–Crippen MR) is 144 cm³/mol. The van der Waals surface area contributed by atoms with Gasteiger partial charge in [0.15, 0.2) is 11.9 Å². The lowest BCUT2D eigenvalue weighted by Crippen LogP contribution is -2.55. The summed E-state index contributed by atoms with van der Waals surface area (Å²) in [7, 11) is 1.23. The average Bonchev–Trinajstić information content (AvgIpc) is 2.99. The van der Waals surface area contributed by atoms with Crippen molar-refractivity contribution < 1.29 is 29.6 Å². The minimum absolute atomic E-state index is 0.132. The van der Waals surface area contributed by atoms with Crippen LogP contribution in [-0.4, -0.2) is 70.3 Å². The molecule has 2 aromatic carbocycles. The Labute approximate surface area is 222 Å². The summed E-state index contributed by atoms with van der Waals surface area (Å²) in [4.78, 5) is 27.9. The first-order chi connectivity index (χ1) is 17.5. The highest BCUT2D eigenvalue weighted by atomic mass is 32.2. The number of nitrogens with one attached hydrogen (secondary N) is 1. The van der Waals surface area contributed by atoms with Gasteiger partial charge < -0.3 is 25.4 Å². The minimum atomic E-state index is -1.71. The van der Waals surface area contributed by atoms with Crippen molar-refractivity contribution in [1.82, 2.24) is 5.32 Å². The van der Waals surface area contributed by atoms with E-state index in [-0.39, 0.29) is 11.2 Å². The molecule has 0 bridgehead atoms. The molecule has 200 valence electrons. The molecule has 3 rings (SSSR count). The Kier molecular flexibility index (Phi) is 10.1. The Balaban J connectivity index is 1.77. The van der Waals surface area contributed by atoms with Crippen LogP contribution in [0, 0.1) is 5.41 Å². The number of amides is 1. The number of rotatable bonds is 9. The van der Waals surface area contributed by atoms with Crippen LogP contribution in [0.15, 0.2) is 71.6 Å². The number of carbonyl (C=O) groups is 2. The van der Waals surface area contributed by atoms with Gasteiger partial charge in [-0.3, -0.25) is 9.59 Å². The molecule has 6 atom stereocenters. The number of methoxy groups -OCH3 is 1. The van der Waals surface area contributed by atoms with E-state index in [4.69, 9.17) is 4.74 Å². The summed E-state index contributed by atoms with van der Waals surface area (Å²) in [6.07, 6.45) is -2.68. The van der Waals surface area contributed by atoms with Gasteiger partial charge in [-0.15, -0.1) is 11.8 Å². The molecule has 0 spiro atoms. The van der Waals surface area contributed by atoms with Crippen molar-refractivity contribution >= 4 is 23.5 Å². The van der Waals surface area contributed by atoms with Crippen molar-refractivity contribution in [1.29, 1.82) is 0 Å². The molecule has 0 radical (unpaired) electrons. The fourth-order valence-electron chi connectivity index (χ4n) is 4.26. The molecule has 0 aliphatic carbocycles. The second-order valence-electron chi connectivity index (χ2n) is 10.4. The zero-order chi connectivity index (χ0) is 27.2. The number of carbonyl (C=O) groups excluding carboxylic acids is 2. The molecule has 1 aliphatic rings. The van der Waals surface area contributed by atoms with E-state index < -0.39 is 42.3 Å². The average molecular weight is 528 g/mol. The maximum absolute atomic E-state index is 13.7. The van der Waals surface area contributed by atoms with Crippen LogP contribution in [-0.2, 0) is 20.7 Å². The standard InChI is InChI=1S/C29H37NO6S/c1-29(2,3)15-14-22(31)25(33)26(34)27(36-4)28(35)30-21-17-37-23-13-9-8-12-19(23)20(24(21)32)16-18-10-6-5-7-11-18/h5-15,20-22,25-27,31,33-34H,16-17H2,1-4H3,(H,30,35)/b15-14+/t20-,21?,22+,25-,26+,27+/m0/s1. The summed E-state index contributed by atoms with van der Waals surface area (Å²) >= 11 is 1.49. The number of fused-ring (bicyclic) bond motifs is 1. The molecule has 1 aliphatic heterocycles. The smallest absolute Gasteiger partial charge is 0.252 e. The minimum Gasteiger partial charge on any atom is -0.387 e. The molecular formula is C29H37NO6S. The van der Waals surface area contributed by atoms with Gasteiger partial charge in [-0.1, -0.05) is 81.5 Å². The zero-order valence-electron chi connectivity index (χ0n) is 21.7. The van der Waals surface area contributed by atoms with Crippen LogP contribution in [0.5, 0.6) is 0 Å². The molecule has 8 heteroatoms. The van der Waals surface area contributed by atoms with Gasteiger partial charge in [0.25, 0.3) is 5.91 Å². The Morgan fingerprint density at radius 2 is 1.73 bits per heavy atom. The van der Waals surface area contributed by atoms with E-state index in [1.54, 1.807) is 6.08 Å². The quantitative estimate of drug-likeness (QED) is 0.371. The summed E-state index contributed by atoms with van der Waals surface area (Å²) in [5, 5.41) is 34.2. The van der Waals surface area contributed by atoms with E-state index in [0.717, 1.165) is 16.0 Å². The molecule has 37 heavy (non-hydrogen) atoms. The Morgan fingerprint density at radius 3 is 2.38 bits per heavy atom. The first kappa shape index (κ1) is 29.1. The van der Waals surface area contributed by atoms with Crippen molar-refractivity contribution in [3.05, 3.63) is 77.9 Å². The maximum atomic E-state index is 13.7. The largest absolute Gasteiger partial charge is 0.387 e. The van der Waals surface area contributed by atoms with Gasteiger partial charge in [-0.25, -0.2) is 0 Å². The Hall–Kier alpha value is -2.49. The highest BCUT2D eigenvalue weighted by molar-refractivity contribution is 7.99. The molecule has 2 aromatic rings. The topological polar surface area (TPSA) is 116 Å². The van der Waals surface area contributed by atoms with E-state index in [1.807, 2.05) is 75.4 Å². The summed E-state index contributed by atoms with van der Waals surface area (Å²) in [5.74, 6) is -1.00. The highest BCUT2D eigenvalue weighted by Crippen LogP contribution is 2.36. The molecule has 1 unspecified atom stereocenters. The number of Topliss-reactive ketones (excluding diaryl/α,β-unsaturated/α-hetero) is 1. The lowest BCUT2D eigenvalue weighted by atomic mass is 9.86. The summed E-state index contributed by atoms with van der Waals surface area (Å²) in [5.41, 5.74) is 1.69. The molecule has 1 amide bonds. The van der Waals surface area contributed by atoms with Gasteiger partial charge in [-0.05, 0) is 29.0 Å². The summed E-state index contributed by atoms with van der Waals surface area (Å²) in [6.45, 7) is 5.78. The van der Waals surface area contributed by atoms with Crippen molar-refractivity contribution in [2.45, 2.75) is 68.5 Å². The Morgan fingerprint density at radius 1 is 1.08 bits per heavy atom. The van der Waals surface area contributed by atoms with Gasteiger partial charge in [0.05, 0.1) is 6.04 Å². The fourth-order valence-corrected chi connectivity index (χ4v) is 5.41. The molecule has 0 saturated heterocycles. The molecule has 0 fully saturated rings. The van der Waals surface area contributed by atoms with Crippen molar-refractivity contribution in [3.8, 4) is 0 Å². The third kappa shape index (κ3) is 7.75. The van der Waals surface area contributed by atoms with Gasteiger partial charge in [0, 0.05) is 23.7 Å². The summed E-state index contributed by atoms with van der Waals surface area (Å²) in [6, 6.07) is 16.6. The number of hydrogen-bond donors (Lipinski definition) is 4. The number of hydrogen-bond acceptors (Lipinski definition) is 7. The molecule has 1 heterocycles. The number of aliphatic hydroxyl groups is 3. The SMILES string of the molecule is CO[C@@H](C(=O)NC1CSc2ccccc2[C@H](Cc2ccccc2)C1=O)[C@H](O)[C@@H](O)[C@H](O)/C=C/C(C)(C)C. The second kappa shape index (κ2) is 12.8. The lowest BCUT2D eigenvalue weighted by Gasteiger charge is -2.29. The van der Waals surface area contributed by atoms with E-state index in [0.29, 0.717) is 12.2 Å². The number of thioether (sulfide) groups is 1. The molecule has 7 nitrogen and oxygen atoms in total. The van der Waals surface area contributed by atoms with Gasteiger partial charge in [0.1, 0.15) is 18.3 Å². The van der Waals surface area contributed by atoms with Crippen molar-refractivity contribution in [2.24, 2.45) is 5.41 Å². The second-order valence-corrected chi connectivity index (χ2v) is 11.5. The van der Waals surface area contributed by atoms with E-state index in [2.05, 4.69) is 5.32 Å². The van der Waals surface area contributed by atoms with Crippen LogP contribution < -0.4 is 5.32 Å². The Bertz CT molecular complexity index is 1080. The number of benzene rings is 2. The number of ether oxygens (including phenoxy) is 1. The third-order valence-electron chi connectivity index (χ3n) is 6.30. The van der Waals surface area contributed by atoms with Crippen LogP contribution >= 0.6 is 11.8 Å². The van der Waals surface area contributed by atoms with Gasteiger partial charge >= 0.3 is 0 Å². The maximum Gasteiger partial charge on any atom is 0.252 e. The number of ketones is 1. The van der Waals surface area contributed by atoms with E-state index in [9.17, 15) is 24.9 Å². The highest BCUT2D eigenvalue weighted by Gasteiger charge is 2.39. The molecule has 4 N–H and O–H groups in total. The van der Waals surface area contributed by atoms with Crippen LogP contribution in [0.25, 0.3) is 0 Å². The van der Waals surface area contributed by atoms with E-state index in [1.165, 1.54) is 24.9 Å². The van der Waals surface area contributed by atoms with Crippen LogP contribution in [0.2, 0.25) is 0 Å². The zero-order valence-corrected chi connectivity index (χ0v) is 22.5. The van der Waals surface area contributed by atoms with Crippen LogP contribution in [0.1, 0.15) is 37.8 Å².